The fraction of sp³-hybridized carbons (Fsp3) is 0.368. The number of aliphatic imine (C=N–C) groups is 1. The monoisotopic (exact) mass is 377 g/mol. The molecular formula is C19H22F3N5. The van der Waals surface area contributed by atoms with Crippen LogP contribution in [0.1, 0.15) is 23.2 Å². The van der Waals surface area contributed by atoms with Gasteiger partial charge in [0.1, 0.15) is 0 Å². The van der Waals surface area contributed by atoms with Crippen molar-refractivity contribution in [1.29, 1.82) is 0 Å². The van der Waals surface area contributed by atoms with Gasteiger partial charge in [-0.1, -0.05) is 36.4 Å². The minimum Gasteiger partial charge on any atom is -0.352 e. The maximum absolute atomic E-state index is 13.1. The fourth-order valence-electron chi connectivity index (χ4n) is 3.19. The number of alkyl halides is 3. The molecule has 2 heterocycles. The highest BCUT2D eigenvalue weighted by Gasteiger charge is 2.36. The second kappa shape index (κ2) is 7.85. The van der Waals surface area contributed by atoms with Gasteiger partial charge in [-0.15, -0.1) is 0 Å². The zero-order valence-corrected chi connectivity index (χ0v) is 15.3. The number of rotatable bonds is 3. The van der Waals surface area contributed by atoms with Crippen LogP contribution < -0.4 is 5.32 Å². The van der Waals surface area contributed by atoms with Crippen LogP contribution >= 0.6 is 0 Å². The number of nitrogens with one attached hydrogen (secondary N) is 1. The highest BCUT2D eigenvalue weighted by atomic mass is 19.4. The van der Waals surface area contributed by atoms with Crippen LogP contribution in [0.5, 0.6) is 0 Å². The first-order valence-electron chi connectivity index (χ1n) is 8.68. The summed E-state index contributed by atoms with van der Waals surface area (Å²) >= 11 is 0. The van der Waals surface area contributed by atoms with Gasteiger partial charge < -0.3 is 10.2 Å². The predicted molar refractivity (Wildman–Crippen MR) is 99.0 cm³/mol. The van der Waals surface area contributed by atoms with E-state index in [0.717, 1.165) is 13.0 Å². The van der Waals surface area contributed by atoms with Crippen LogP contribution in [0, 0.1) is 0 Å². The zero-order chi connectivity index (χ0) is 19.4. The topological polar surface area (TPSA) is 45.5 Å². The molecule has 0 unspecified atom stereocenters. The van der Waals surface area contributed by atoms with Crippen molar-refractivity contribution in [3.05, 3.63) is 59.4 Å². The fourth-order valence-corrected chi connectivity index (χ4v) is 3.19. The van der Waals surface area contributed by atoms with Crippen LogP contribution in [-0.4, -0.2) is 40.8 Å². The van der Waals surface area contributed by atoms with Gasteiger partial charge in [0, 0.05) is 45.5 Å². The molecule has 0 fully saturated rings. The highest BCUT2D eigenvalue weighted by molar-refractivity contribution is 5.81. The average molecular weight is 377 g/mol. The van der Waals surface area contributed by atoms with E-state index in [1.165, 1.54) is 29.1 Å². The molecule has 0 saturated carbocycles. The summed E-state index contributed by atoms with van der Waals surface area (Å²) in [6.07, 6.45) is -0.102. The van der Waals surface area contributed by atoms with Gasteiger partial charge in [0.25, 0.3) is 0 Å². The Bertz CT molecular complexity index is 837. The first-order chi connectivity index (χ1) is 12.9. The Morgan fingerprint density at radius 1 is 1.26 bits per heavy atom. The molecule has 8 heteroatoms. The Morgan fingerprint density at radius 2 is 2.00 bits per heavy atom. The molecule has 0 spiro atoms. The molecule has 2 aromatic rings. The average Bonchev–Trinajstić information content (AvgIpc) is 3.05. The second-order valence-electron chi connectivity index (χ2n) is 6.37. The molecule has 0 radical (unpaired) electrons. The molecule has 144 valence electrons. The maximum atomic E-state index is 13.1. The molecule has 3 rings (SSSR count). The quantitative estimate of drug-likeness (QED) is 0.659. The minimum atomic E-state index is -4.47. The number of hydrogen-bond donors (Lipinski definition) is 1. The molecule has 5 nitrogen and oxygen atoms in total. The van der Waals surface area contributed by atoms with E-state index < -0.39 is 11.9 Å². The van der Waals surface area contributed by atoms with E-state index in [4.69, 9.17) is 0 Å². The molecule has 0 atom stereocenters. The van der Waals surface area contributed by atoms with E-state index in [-0.39, 0.29) is 12.1 Å². The lowest BCUT2D eigenvalue weighted by Gasteiger charge is -2.29. The zero-order valence-electron chi connectivity index (χ0n) is 15.3. The van der Waals surface area contributed by atoms with Gasteiger partial charge >= 0.3 is 6.18 Å². The molecule has 1 aromatic carbocycles. The summed E-state index contributed by atoms with van der Waals surface area (Å²) in [6.45, 7) is 1.42. The van der Waals surface area contributed by atoms with Crippen LogP contribution in [0.25, 0.3) is 5.57 Å². The third-order valence-electron chi connectivity index (χ3n) is 4.48. The number of hydrogen-bond acceptors (Lipinski definition) is 2. The van der Waals surface area contributed by atoms with E-state index in [2.05, 4.69) is 33.6 Å². The summed E-state index contributed by atoms with van der Waals surface area (Å²) in [5.74, 6) is 0.579. The normalized spacial score (nSPS) is 15.7. The van der Waals surface area contributed by atoms with Crippen LogP contribution in [0.4, 0.5) is 13.2 Å². The number of aryl methyl sites for hydroxylation is 1. The van der Waals surface area contributed by atoms with E-state index in [0.29, 0.717) is 12.5 Å². The standard InChI is InChI=1S/C19H22F3N5/c1-23-18(24-12-16-13-26(2)25-17(16)19(20,21)22)27-10-8-15(9-11-27)14-6-4-3-5-7-14/h3-8,13H,9-12H2,1-2H3,(H,23,24). The van der Waals surface area contributed by atoms with Crippen LogP contribution in [0.15, 0.2) is 47.6 Å². The molecule has 0 bridgehead atoms. The van der Waals surface area contributed by atoms with Crippen molar-refractivity contribution >= 4 is 11.5 Å². The number of aromatic nitrogens is 2. The molecule has 1 aliphatic heterocycles. The number of benzene rings is 1. The Morgan fingerprint density at radius 3 is 2.59 bits per heavy atom. The summed E-state index contributed by atoms with van der Waals surface area (Å²) < 4.78 is 40.4. The largest absolute Gasteiger partial charge is 0.435 e. The van der Waals surface area contributed by atoms with Gasteiger partial charge in [-0.2, -0.15) is 18.3 Å². The third kappa shape index (κ3) is 4.50. The van der Waals surface area contributed by atoms with Gasteiger partial charge in [0.05, 0.1) is 0 Å². The summed E-state index contributed by atoms with van der Waals surface area (Å²) in [7, 11) is 3.11. The molecule has 0 aliphatic carbocycles. The van der Waals surface area contributed by atoms with Crippen LogP contribution in [-0.2, 0) is 19.8 Å². The molecule has 1 N–H and O–H groups in total. The highest BCUT2D eigenvalue weighted by Crippen LogP contribution is 2.30. The first-order valence-corrected chi connectivity index (χ1v) is 8.68. The van der Waals surface area contributed by atoms with Gasteiger partial charge in [0.2, 0.25) is 0 Å². The van der Waals surface area contributed by atoms with Crippen molar-refractivity contribution in [2.45, 2.75) is 19.1 Å². The third-order valence-corrected chi connectivity index (χ3v) is 4.48. The van der Waals surface area contributed by atoms with Crippen molar-refractivity contribution in [2.24, 2.45) is 12.0 Å². The first kappa shape index (κ1) is 19.0. The Balaban J connectivity index is 1.65. The Kier molecular flexibility index (Phi) is 5.53. The van der Waals surface area contributed by atoms with Crippen molar-refractivity contribution in [3.63, 3.8) is 0 Å². The maximum Gasteiger partial charge on any atom is 0.435 e. The van der Waals surface area contributed by atoms with Crippen molar-refractivity contribution in [1.82, 2.24) is 20.0 Å². The van der Waals surface area contributed by atoms with E-state index in [1.807, 2.05) is 23.1 Å². The van der Waals surface area contributed by atoms with Gasteiger partial charge in [-0.25, -0.2) is 0 Å². The number of nitrogens with zero attached hydrogens (tertiary/aromatic N) is 4. The van der Waals surface area contributed by atoms with Gasteiger partial charge in [0.15, 0.2) is 11.7 Å². The van der Waals surface area contributed by atoms with Crippen LogP contribution in [0.2, 0.25) is 0 Å². The van der Waals surface area contributed by atoms with Crippen LogP contribution in [0.3, 0.4) is 0 Å². The summed E-state index contributed by atoms with van der Waals surface area (Å²) in [6, 6.07) is 10.2. The van der Waals surface area contributed by atoms with Crippen molar-refractivity contribution in [3.8, 4) is 0 Å². The smallest absolute Gasteiger partial charge is 0.352 e. The second-order valence-corrected chi connectivity index (χ2v) is 6.37. The number of guanidine groups is 1. The SMILES string of the molecule is CN=C(NCc1cn(C)nc1C(F)(F)F)N1CC=C(c2ccccc2)CC1. The summed E-state index contributed by atoms with van der Waals surface area (Å²) in [5.41, 5.74) is 1.71. The van der Waals surface area contributed by atoms with E-state index in [9.17, 15) is 13.2 Å². The molecular weight excluding hydrogens is 355 g/mol. The lowest BCUT2D eigenvalue weighted by atomic mass is 10.00. The summed E-state index contributed by atoms with van der Waals surface area (Å²) in [5, 5.41) is 6.56. The van der Waals surface area contributed by atoms with Gasteiger partial charge in [-0.3, -0.25) is 9.67 Å². The Labute approximate surface area is 156 Å². The summed E-state index contributed by atoms with van der Waals surface area (Å²) in [4.78, 5) is 6.24. The molecule has 1 aliphatic rings. The Hall–Kier alpha value is -2.77. The number of halogens is 3. The predicted octanol–water partition coefficient (Wildman–Crippen LogP) is 3.30. The minimum absolute atomic E-state index is 0.0150. The van der Waals surface area contributed by atoms with Crippen molar-refractivity contribution < 1.29 is 13.2 Å². The van der Waals surface area contributed by atoms with E-state index >= 15 is 0 Å². The van der Waals surface area contributed by atoms with Gasteiger partial charge in [-0.05, 0) is 17.6 Å². The molecule has 27 heavy (non-hydrogen) atoms. The molecule has 0 saturated heterocycles. The molecule has 0 amide bonds. The molecule has 1 aromatic heterocycles. The lowest BCUT2D eigenvalue weighted by Crippen LogP contribution is -2.43. The van der Waals surface area contributed by atoms with E-state index in [1.54, 1.807) is 7.05 Å². The van der Waals surface area contributed by atoms with Crippen molar-refractivity contribution in [2.75, 3.05) is 20.1 Å². The lowest BCUT2D eigenvalue weighted by molar-refractivity contribution is -0.142.